The van der Waals surface area contributed by atoms with Crippen LogP contribution in [0, 0.1) is 12.8 Å². The molecule has 2 atom stereocenters. The second-order valence-corrected chi connectivity index (χ2v) is 5.17. The van der Waals surface area contributed by atoms with Gasteiger partial charge in [0.25, 0.3) is 5.91 Å². The molecule has 0 bridgehead atoms. The molecule has 2 aromatic rings. The van der Waals surface area contributed by atoms with E-state index in [-0.39, 0.29) is 17.5 Å². The lowest BCUT2D eigenvalue weighted by molar-refractivity contribution is 0.0754. The maximum Gasteiger partial charge on any atom is 0.276 e. The van der Waals surface area contributed by atoms with Crippen molar-refractivity contribution in [1.29, 1.82) is 0 Å². The fourth-order valence-electron chi connectivity index (χ4n) is 2.55. The molecule has 106 valence electrons. The van der Waals surface area contributed by atoms with E-state index in [4.69, 9.17) is 0 Å². The van der Waals surface area contributed by atoms with Crippen molar-refractivity contribution >= 4 is 5.91 Å². The van der Waals surface area contributed by atoms with E-state index in [0.717, 1.165) is 11.4 Å². The molecule has 3 heterocycles. The number of hydrogen-bond donors (Lipinski definition) is 2. The molecular weight excluding hydrogens is 260 g/mol. The van der Waals surface area contributed by atoms with Crippen LogP contribution in [-0.4, -0.2) is 50.5 Å². The fourth-order valence-corrected chi connectivity index (χ4v) is 2.55. The number of carbonyl (C=O) groups excluding carboxylic acids is 1. The second-order valence-electron chi connectivity index (χ2n) is 5.17. The van der Waals surface area contributed by atoms with Crippen molar-refractivity contribution in [2.45, 2.75) is 19.4 Å². The lowest BCUT2D eigenvalue weighted by Gasteiger charge is -2.13. The van der Waals surface area contributed by atoms with Gasteiger partial charge in [-0.05, 0) is 19.4 Å². The van der Waals surface area contributed by atoms with Crippen LogP contribution in [0.2, 0.25) is 0 Å². The number of rotatable bonds is 3. The summed E-state index contributed by atoms with van der Waals surface area (Å²) in [5.74, 6) is -0.216. The Morgan fingerprint density at radius 2 is 2.45 bits per heavy atom. The Labute approximate surface area is 115 Å². The summed E-state index contributed by atoms with van der Waals surface area (Å²) >= 11 is 0. The molecule has 2 aromatic heterocycles. The Hall–Kier alpha value is -2.15. The van der Waals surface area contributed by atoms with Crippen molar-refractivity contribution in [2.24, 2.45) is 5.92 Å². The molecule has 0 aliphatic carbocycles. The topological polar surface area (TPSA) is 95.2 Å². The highest BCUT2D eigenvalue weighted by Gasteiger charge is 2.35. The predicted octanol–water partition coefficient (Wildman–Crippen LogP) is 0.382. The summed E-state index contributed by atoms with van der Waals surface area (Å²) in [5.41, 5.74) is 2.17. The van der Waals surface area contributed by atoms with Crippen molar-refractivity contribution < 1.29 is 14.4 Å². The number of hydrogen-bond acceptors (Lipinski definition) is 5. The van der Waals surface area contributed by atoms with E-state index in [1.165, 1.54) is 12.3 Å². The van der Waals surface area contributed by atoms with E-state index in [2.05, 4.69) is 19.9 Å². The SMILES string of the molecule is Cc1cc(C[C@@H]2CN(C(=O)c3ccon3)C[C@H]2O)n[nH]1. The van der Waals surface area contributed by atoms with E-state index in [9.17, 15) is 9.90 Å². The monoisotopic (exact) mass is 276 g/mol. The Balaban J connectivity index is 1.66. The molecule has 1 saturated heterocycles. The van der Waals surface area contributed by atoms with Crippen LogP contribution in [0.4, 0.5) is 0 Å². The highest BCUT2D eigenvalue weighted by atomic mass is 16.5. The Bertz CT molecular complexity index is 593. The van der Waals surface area contributed by atoms with Gasteiger partial charge in [0, 0.05) is 30.8 Å². The molecule has 1 fully saturated rings. The van der Waals surface area contributed by atoms with Crippen molar-refractivity contribution in [3.63, 3.8) is 0 Å². The van der Waals surface area contributed by atoms with Crippen LogP contribution in [-0.2, 0) is 6.42 Å². The summed E-state index contributed by atoms with van der Waals surface area (Å²) in [5, 5.41) is 20.8. The van der Waals surface area contributed by atoms with Crippen LogP contribution in [0.3, 0.4) is 0 Å². The van der Waals surface area contributed by atoms with Crippen LogP contribution in [0.1, 0.15) is 21.9 Å². The van der Waals surface area contributed by atoms with E-state index in [1.54, 1.807) is 4.90 Å². The number of amides is 1. The number of aromatic amines is 1. The molecule has 0 saturated carbocycles. The van der Waals surface area contributed by atoms with Gasteiger partial charge in [0.2, 0.25) is 0 Å². The van der Waals surface area contributed by atoms with Crippen LogP contribution >= 0.6 is 0 Å². The van der Waals surface area contributed by atoms with Crippen molar-refractivity contribution in [3.05, 3.63) is 35.5 Å². The zero-order chi connectivity index (χ0) is 14.1. The number of aromatic nitrogens is 3. The molecule has 20 heavy (non-hydrogen) atoms. The van der Waals surface area contributed by atoms with Crippen LogP contribution in [0.5, 0.6) is 0 Å². The van der Waals surface area contributed by atoms with Gasteiger partial charge in [-0.3, -0.25) is 9.89 Å². The highest BCUT2D eigenvalue weighted by molar-refractivity contribution is 5.92. The summed E-state index contributed by atoms with van der Waals surface area (Å²) in [7, 11) is 0. The molecule has 1 aliphatic rings. The van der Waals surface area contributed by atoms with Gasteiger partial charge in [0.15, 0.2) is 5.69 Å². The fraction of sp³-hybridized carbons (Fsp3) is 0.462. The lowest BCUT2D eigenvalue weighted by atomic mass is 10.0. The average Bonchev–Trinajstić information content (AvgIpc) is 3.12. The molecule has 1 aliphatic heterocycles. The molecule has 1 amide bonds. The maximum absolute atomic E-state index is 12.1. The number of carbonyl (C=O) groups is 1. The first-order chi connectivity index (χ1) is 9.63. The first-order valence-electron chi connectivity index (χ1n) is 6.52. The molecule has 0 spiro atoms. The number of H-pyrrole nitrogens is 1. The molecule has 0 aromatic carbocycles. The third-order valence-electron chi connectivity index (χ3n) is 3.58. The van der Waals surface area contributed by atoms with E-state index >= 15 is 0 Å². The summed E-state index contributed by atoms with van der Waals surface area (Å²) < 4.78 is 4.67. The molecule has 7 heteroatoms. The number of aryl methyl sites for hydroxylation is 1. The van der Waals surface area contributed by atoms with Crippen molar-refractivity contribution in [1.82, 2.24) is 20.3 Å². The minimum Gasteiger partial charge on any atom is -0.391 e. The van der Waals surface area contributed by atoms with Gasteiger partial charge in [-0.25, -0.2) is 0 Å². The summed E-state index contributed by atoms with van der Waals surface area (Å²) in [6.07, 6.45) is 1.47. The zero-order valence-electron chi connectivity index (χ0n) is 11.1. The number of aliphatic hydroxyl groups is 1. The summed E-state index contributed by atoms with van der Waals surface area (Å²) in [6, 6.07) is 3.48. The zero-order valence-corrected chi connectivity index (χ0v) is 11.1. The van der Waals surface area contributed by atoms with Crippen LogP contribution in [0.15, 0.2) is 22.9 Å². The van der Waals surface area contributed by atoms with E-state index in [1.807, 2.05) is 13.0 Å². The van der Waals surface area contributed by atoms with Gasteiger partial charge < -0.3 is 14.5 Å². The first kappa shape index (κ1) is 12.9. The third-order valence-corrected chi connectivity index (χ3v) is 3.58. The number of likely N-dealkylation sites (tertiary alicyclic amines) is 1. The highest BCUT2D eigenvalue weighted by Crippen LogP contribution is 2.22. The van der Waals surface area contributed by atoms with Crippen LogP contribution < -0.4 is 0 Å². The van der Waals surface area contributed by atoms with Gasteiger partial charge in [-0.2, -0.15) is 5.10 Å². The van der Waals surface area contributed by atoms with Crippen LogP contribution in [0.25, 0.3) is 0 Å². The smallest absolute Gasteiger partial charge is 0.276 e. The molecular formula is C13H16N4O3. The number of aliphatic hydroxyl groups excluding tert-OH is 1. The quantitative estimate of drug-likeness (QED) is 0.845. The van der Waals surface area contributed by atoms with Crippen molar-refractivity contribution in [2.75, 3.05) is 13.1 Å². The molecule has 2 N–H and O–H groups in total. The lowest BCUT2D eigenvalue weighted by Crippen LogP contribution is -2.29. The summed E-state index contributed by atoms with van der Waals surface area (Å²) in [4.78, 5) is 13.7. The van der Waals surface area contributed by atoms with Gasteiger partial charge in [-0.1, -0.05) is 5.16 Å². The summed E-state index contributed by atoms with van der Waals surface area (Å²) in [6.45, 7) is 2.75. The van der Waals surface area contributed by atoms with E-state index < -0.39 is 6.10 Å². The Morgan fingerprint density at radius 1 is 1.60 bits per heavy atom. The predicted molar refractivity (Wildman–Crippen MR) is 68.9 cm³/mol. The minimum absolute atomic E-state index is 0.00597. The molecule has 7 nitrogen and oxygen atoms in total. The Kier molecular flexibility index (Phi) is 3.27. The normalized spacial score (nSPS) is 22.4. The largest absolute Gasteiger partial charge is 0.391 e. The number of nitrogens with one attached hydrogen (secondary N) is 1. The van der Waals surface area contributed by atoms with Gasteiger partial charge in [0.1, 0.15) is 6.26 Å². The van der Waals surface area contributed by atoms with Gasteiger partial charge in [-0.15, -0.1) is 0 Å². The molecule has 0 unspecified atom stereocenters. The Morgan fingerprint density at radius 3 is 3.10 bits per heavy atom. The number of β-amino-alcohol motifs (C(OH)–C–C–N with tert-alkyl or cyclic N) is 1. The van der Waals surface area contributed by atoms with Gasteiger partial charge >= 0.3 is 0 Å². The third kappa shape index (κ3) is 2.44. The maximum atomic E-state index is 12.1. The second kappa shape index (κ2) is 5.09. The standard InChI is InChI=1S/C13H16N4O3/c1-8-4-10(15-14-8)5-9-6-17(7-12(9)18)13(19)11-2-3-20-16-11/h2-4,9,12,18H,5-7H2,1H3,(H,14,15)/t9-,12-/m1/s1. The molecule has 0 radical (unpaired) electrons. The van der Waals surface area contributed by atoms with Gasteiger partial charge in [0.05, 0.1) is 11.8 Å². The van der Waals surface area contributed by atoms with Crippen molar-refractivity contribution in [3.8, 4) is 0 Å². The molecule has 3 rings (SSSR count). The minimum atomic E-state index is -0.539. The average molecular weight is 276 g/mol. The van der Waals surface area contributed by atoms with E-state index in [0.29, 0.717) is 19.5 Å². The first-order valence-corrected chi connectivity index (χ1v) is 6.52. The number of nitrogens with zero attached hydrogens (tertiary/aromatic N) is 3.